The lowest BCUT2D eigenvalue weighted by atomic mass is 10.1. The van der Waals surface area contributed by atoms with Crippen LogP contribution in [-0.2, 0) is 11.2 Å². The third-order valence-electron chi connectivity index (χ3n) is 4.91. The van der Waals surface area contributed by atoms with E-state index in [4.69, 9.17) is 4.74 Å². The lowest BCUT2D eigenvalue weighted by molar-refractivity contribution is -0.132. The predicted octanol–water partition coefficient (Wildman–Crippen LogP) is 1.81. The molecule has 0 aliphatic carbocycles. The Hall–Kier alpha value is -2.86. The van der Waals surface area contributed by atoms with E-state index in [9.17, 15) is 9.59 Å². The first kappa shape index (κ1) is 19.9. The quantitative estimate of drug-likeness (QED) is 0.795. The van der Waals surface area contributed by atoms with Crippen molar-refractivity contribution >= 4 is 11.8 Å². The van der Waals surface area contributed by atoms with Gasteiger partial charge in [-0.25, -0.2) is 0 Å². The smallest absolute Gasteiger partial charge is 0.254 e. The molecule has 1 saturated heterocycles. The van der Waals surface area contributed by atoms with Crippen molar-refractivity contribution in [3.63, 3.8) is 0 Å². The number of piperazine rings is 1. The summed E-state index contributed by atoms with van der Waals surface area (Å²) in [5.41, 5.74) is 1.67. The molecule has 2 amide bonds. The number of carbonyl (C=O) groups is 2. The van der Waals surface area contributed by atoms with Crippen LogP contribution in [0.4, 0.5) is 0 Å². The van der Waals surface area contributed by atoms with Gasteiger partial charge in [0, 0.05) is 38.3 Å². The highest BCUT2D eigenvalue weighted by atomic mass is 16.5. The molecule has 0 saturated carbocycles. The Kier molecular flexibility index (Phi) is 7.03. The first-order chi connectivity index (χ1) is 13.7. The van der Waals surface area contributed by atoms with Crippen LogP contribution in [0.25, 0.3) is 0 Å². The maximum atomic E-state index is 13.1. The van der Waals surface area contributed by atoms with Crippen LogP contribution in [0.2, 0.25) is 0 Å². The lowest BCUT2D eigenvalue weighted by Gasteiger charge is -2.30. The summed E-state index contributed by atoms with van der Waals surface area (Å²) in [7, 11) is 1.57. The van der Waals surface area contributed by atoms with E-state index in [1.165, 1.54) is 0 Å². The number of nitrogens with one attached hydrogen (secondary N) is 1. The third-order valence-corrected chi connectivity index (χ3v) is 4.91. The van der Waals surface area contributed by atoms with Gasteiger partial charge in [0.1, 0.15) is 12.3 Å². The van der Waals surface area contributed by atoms with Gasteiger partial charge in [0.05, 0.1) is 7.11 Å². The van der Waals surface area contributed by atoms with Crippen LogP contribution < -0.4 is 10.1 Å². The Bertz CT molecular complexity index is 789. The number of carbonyl (C=O) groups excluding carboxylic acids is 2. The van der Waals surface area contributed by atoms with E-state index in [0.29, 0.717) is 37.4 Å². The molecule has 28 heavy (non-hydrogen) atoms. The molecule has 6 heteroatoms. The zero-order valence-corrected chi connectivity index (χ0v) is 16.3. The van der Waals surface area contributed by atoms with Gasteiger partial charge in [-0.15, -0.1) is 0 Å². The molecule has 1 fully saturated rings. The number of hydrogen-bond acceptors (Lipinski definition) is 4. The molecule has 6 nitrogen and oxygen atoms in total. The summed E-state index contributed by atoms with van der Waals surface area (Å²) in [5, 5.41) is 3.24. The highest BCUT2D eigenvalue weighted by Crippen LogP contribution is 2.15. The molecule has 1 aliphatic heterocycles. The normalized spacial score (nSPS) is 13.8. The average Bonchev–Trinajstić information content (AvgIpc) is 2.77. The third kappa shape index (κ3) is 5.33. The van der Waals surface area contributed by atoms with E-state index in [0.717, 1.165) is 18.7 Å². The molecule has 1 aliphatic rings. The summed E-state index contributed by atoms with van der Waals surface area (Å²) in [6.45, 7) is 3.51. The van der Waals surface area contributed by atoms with Gasteiger partial charge in [0.15, 0.2) is 0 Å². The number of methoxy groups -OCH3 is 1. The summed E-state index contributed by atoms with van der Waals surface area (Å²) >= 11 is 0. The number of nitrogens with zero attached hydrogens (tertiary/aromatic N) is 2. The molecule has 3 rings (SSSR count). The predicted molar refractivity (Wildman–Crippen MR) is 108 cm³/mol. The molecule has 0 spiro atoms. The van der Waals surface area contributed by atoms with Gasteiger partial charge in [-0.3, -0.25) is 9.59 Å². The van der Waals surface area contributed by atoms with Crippen LogP contribution in [-0.4, -0.2) is 68.0 Å². The van der Waals surface area contributed by atoms with Crippen molar-refractivity contribution < 1.29 is 14.3 Å². The number of rotatable bonds is 7. The van der Waals surface area contributed by atoms with Gasteiger partial charge >= 0.3 is 0 Å². The van der Waals surface area contributed by atoms with Crippen molar-refractivity contribution in [1.82, 2.24) is 15.1 Å². The van der Waals surface area contributed by atoms with Crippen LogP contribution in [0.5, 0.6) is 5.75 Å². The molecule has 0 bridgehead atoms. The van der Waals surface area contributed by atoms with E-state index >= 15 is 0 Å². The van der Waals surface area contributed by atoms with Crippen molar-refractivity contribution in [3.05, 3.63) is 65.7 Å². The standard InChI is InChI=1S/C22H27N3O3/c1-28-20-9-5-8-19(16-20)22(27)25(13-10-18-6-3-2-4-7-18)17-21(26)24-14-11-23-12-15-24/h2-9,16,23H,10-15,17H2,1H3. The van der Waals surface area contributed by atoms with Crippen LogP contribution in [0, 0.1) is 0 Å². The maximum absolute atomic E-state index is 13.1. The first-order valence-corrected chi connectivity index (χ1v) is 9.63. The Morgan fingerprint density at radius 3 is 2.54 bits per heavy atom. The van der Waals surface area contributed by atoms with Gasteiger partial charge in [-0.1, -0.05) is 36.4 Å². The van der Waals surface area contributed by atoms with Gasteiger partial charge in [-0.05, 0) is 30.2 Å². The highest BCUT2D eigenvalue weighted by molar-refractivity contribution is 5.96. The summed E-state index contributed by atoms with van der Waals surface area (Å²) in [5.74, 6) is 0.464. The van der Waals surface area contributed by atoms with Gasteiger partial charge in [-0.2, -0.15) is 0 Å². The molecule has 1 heterocycles. The summed E-state index contributed by atoms with van der Waals surface area (Å²) in [4.78, 5) is 29.4. The second kappa shape index (κ2) is 9.90. The SMILES string of the molecule is COc1cccc(C(=O)N(CCc2ccccc2)CC(=O)N2CCNCC2)c1. The van der Waals surface area contributed by atoms with Gasteiger partial charge in [0.2, 0.25) is 5.91 Å². The summed E-state index contributed by atoms with van der Waals surface area (Å²) in [6, 6.07) is 17.1. The van der Waals surface area contributed by atoms with E-state index in [1.807, 2.05) is 35.2 Å². The van der Waals surface area contributed by atoms with Crippen molar-refractivity contribution in [2.24, 2.45) is 0 Å². The van der Waals surface area contributed by atoms with E-state index in [2.05, 4.69) is 5.32 Å². The Labute approximate surface area is 166 Å². The molecule has 0 radical (unpaired) electrons. The minimum absolute atomic E-state index is 0.00851. The Morgan fingerprint density at radius 2 is 1.82 bits per heavy atom. The fourth-order valence-corrected chi connectivity index (χ4v) is 3.28. The van der Waals surface area contributed by atoms with Gasteiger partial charge in [0.25, 0.3) is 5.91 Å². The number of hydrogen-bond donors (Lipinski definition) is 1. The zero-order valence-electron chi connectivity index (χ0n) is 16.3. The second-order valence-electron chi connectivity index (χ2n) is 6.83. The highest BCUT2D eigenvalue weighted by Gasteiger charge is 2.23. The fraction of sp³-hybridized carbons (Fsp3) is 0.364. The fourth-order valence-electron chi connectivity index (χ4n) is 3.28. The minimum Gasteiger partial charge on any atom is -0.497 e. The largest absolute Gasteiger partial charge is 0.497 e. The van der Waals surface area contributed by atoms with E-state index < -0.39 is 0 Å². The Balaban J connectivity index is 1.74. The van der Waals surface area contributed by atoms with Crippen LogP contribution in [0.3, 0.4) is 0 Å². The van der Waals surface area contributed by atoms with Gasteiger partial charge < -0.3 is 19.9 Å². The van der Waals surface area contributed by atoms with Crippen molar-refractivity contribution in [2.45, 2.75) is 6.42 Å². The van der Waals surface area contributed by atoms with Crippen molar-refractivity contribution in [2.75, 3.05) is 46.4 Å². The minimum atomic E-state index is -0.154. The number of benzene rings is 2. The van der Waals surface area contributed by atoms with Crippen molar-refractivity contribution in [3.8, 4) is 5.75 Å². The molecule has 2 aromatic carbocycles. The van der Waals surface area contributed by atoms with Crippen LogP contribution >= 0.6 is 0 Å². The molecule has 2 aromatic rings. The molecular formula is C22H27N3O3. The second-order valence-corrected chi connectivity index (χ2v) is 6.83. The topological polar surface area (TPSA) is 61.9 Å². The summed E-state index contributed by atoms with van der Waals surface area (Å²) in [6.07, 6.45) is 0.700. The Morgan fingerprint density at radius 1 is 1.07 bits per heavy atom. The number of ether oxygens (including phenoxy) is 1. The van der Waals surface area contributed by atoms with Crippen LogP contribution in [0.1, 0.15) is 15.9 Å². The molecule has 0 unspecified atom stereocenters. The molecule has 0 aromatic heterocycles. The molecule has 148 valence electrons. The molecule has 0 atom stereocenters. The molecular weight excluding hydrogens is 354 g/mol. The average molecular weight is 381 g/mol. The summed E-state index contributed by atoms with van der Waals surface area (Å²) < 4.78 is 5.24. The molecule has 1 N–H and O–H groups in total. The van der Waals surface area contributed by atoms with Crippen LogP contribution in [0.15, 0.2) is 54.6 Å². The van der Waals surface area contributed by atoms with E-state index in [-0.39, 0.29) is 18.4 Å². The lowest BCUT2D eigenvalue weighted by Crippen LogP contribution is -2.50. The zero-order chi connectivity index (χ0) is 19.8. The van der Waals surface area contributed by atoms with Crippen molar-refractivity contribution in [1.29, 1.82) is 0 Å². The maximum Gasteiger partial charge on any atom is 0.254 e. The monoisotopic (exact) mass is 381 g/mol. The first-order valence-electron chi connectivity index (χ1n) is 9.63. The number of amides is 2. The van der Waals surface area contributed by atoms with E-state index in [1.54, 1.807) is 36.3 Å².